The zero-order valence-corrected chi connectivity index (χ0v) is 10.6. The predicted molar refractivity (Wildman–Crippen MR) is 66.5 cm³/mol. The molecule has 96 valence electrons. The quantitative estimate of drug-likeness (QED) is 0.827. The first-order chi connectivity index (χ1) is 8.49. The number of carbonyl (C=O) groups excluding carboxylic acids is 1. The molecule has 0 unspecified atom stereocenters. The molecule has 1 atom stereocenters. The van der Waals surface area contributed by atoms with E-state index in [4.69, 9.17) is 5.11 Å². The number of aromatic nitrogens is 3. The molecule has 6 heteroatoms. The van der Waals surface area contributed by atoms with E-state index in [1.54, 1.807) is 11.4 Å². The molecule has 0 aliphatic heterocycles. The van der Waals surface area contributed by atoms with Crippen molar-refractivity contribution in [3.63, 3.8) is 0 Å². The Hall–Kier alpha value is -1.95. The topological polar surface area (TPSA) is 79.5 Å². The van der Waals surface area contributed by atoms with Gasteiger partial charge in [-0.3, -0.25) is 4.79 Å². The van der Waals surface area contributed by atoms with Crippen molar-refractivity contribution in [1.82, 2.24) is 19.9 Å². The molecule has 0 bridgehead atoms. The maximum atomic E-state index is 11.9. The Morgan fingerprint density at radius 3 is 2.94 bits per heavy atom. The molecule has 6 nitrogen and oxygen atoms in total. The molecule has 0 spiro atoms. The second-order valence-corrected chi connectivity index (χ2v) is 4.37. The Bertz CT molecular complexity index is 589. The molecule has 2 heterocycles. The maximum absolute atomic E-state index is 11.9. The fraction of sp³-hybridized carbons (Fsp3) is 0.417. The zero-order valence-electron chi connectivity index (χ0n) is 10.6. The molecule has 0 saturated carbocycles. The Kier molecular flexibility index (Phi) is 3.29. The number of fused-ring (bicyclic) bond motifs is 1. The molecule has 0 aliphatic carbocycles. The van der Waals surface area contributed by atoms with Gasteiger partial charge in [0, 0.05) is 18.8 Å². The third-order valence-electron chi connectivity index (χ3n) is 2.65. The van der Waals surface area contributed by atoms with Crippen LogP contribution in [0.25, 0.3) is 5.65 Å². The summed E-state index contributed by atoms with van der Waals surface area (Å²) in [4.78, 5) is 16.1. The van der Waals surface area contributed by atoms with Crippen molar-refractivity contribution in [1.29, 1.82) is 0 Å². The molecule has 0 radical (unpaired) electrons. The summed E-state index contributed by atoms with van der Waals surface area (Å²) >= 11 is 0. The highest BCUT2D eigenvalue weighted by molar-refractivity contribution is 5.95. The summed E-state index contributed by atoms with van der Waals surface area (Å²) in [5.74, 6) is -0.254. The minimum absolute atomic E-state index is 0.217. The number of aryl methyl sites for hydroxylation is 2. The molecular weight excluding hydrogens is 232 g/mol. The summed E-state index contributed by atoms with van der Waals surface area (Å²) < 4.78 is 1.65. The molecular formula is C12H16N4O2. The number of amides is 1. The summed E-state index contributed by atoms with van der Waals surface area (Å²) in [7, 11) is 0. The predicted octanol–water partition coefficient (Wildman–Crippen LogP) is 0.457. The fourth-order valence-electron chi connectivity index (χ4n) is 1.72. The van der Waals surface area contributed by atoms with Gasteiger partial charge in [-0.15, -0.1) is 0 Å². The van der Waals surface area contributed by atoms with Crippen LogP contribution in [-0.2, 0) is 0 Å². The average Bonchev–Trinajstić information content (AvgIpc) is 2.68. The minimum atomic E-state index is -0.571. The van der Waals surface area contributed by atoms with Gasteiger partial charge in [0.25, 0.3) is 5.91 Å². The molecule has 0 fully saturated rings. The van der Waals surface area contributed by atoms with Crippen molar-refractivity contribution in [2.24, 2.45) is 0 Å². The summed E-state index contributed by atoms with van der Waals surface area (Å²) in [6.45, 7) is 5.53. The Balaban J connectivity index is 2.33. The van der Waals surface area contributed by atoms with Gasteiger partial charge in [-0.25, -0.2) is 9.50 Å². The first-order valence-electron chi connectivity index (χ1n) is 5.77. The van der Waals surface area contributed by atoms with Crippen LogP contribution in [0.15, 0.2) is 12.3 Å². The van der Waals surface area contributed by atoms with Gasteiger partial charge in [0.2, 0.25) is 0 Å². The smallest absolute Gasteiger partial charge is 0.254 e. The third kappa shape index (κ3) is 2.33. The van der Waals surface area contributed by atoms with Crippen LogP contribution in [0.4, 0.5) is 0 Å². The van der Waals surface area contributed by atoms with E-state index in [2.05, 4.69) is 15.4 Å². The first-order valence-corrected chi connectivity index (χ1v) is 5.77. The number of aliphatic hydroxyl groups excluding tert-OH is 1. The Morgan fingerprint density at radius 2 is 2.28 bits per heavy atom. The second kappa shape index (κ2) is 4.73. The maximum Gasteiger partial charge on any atom is 0.254 e. The molecule has 2 aromatic rings. The SMILES string of the molecule is Cc1cc2ncc(C(=O)NC[C@@H](C)O)c(C)n2n1. The molecule has 1 amide bonds. The highest BCUT2D eigenvalue weighted by Gasteiger charge is 2.13. The van der Waals surface area contributed by atoms with Crippen LogP contribution in [-0.4, -0.2) is 38.3 Å². The number of hydrogen-bond donors (Lipinski definition) is 2. The highest BCUT2D eigenvalue weighted by Crippen LogP contribution is 2.10. The number of nitrogens with zero attached hydrogens (tertiary/aromatic N) is 3. The average molecular weight is 248 g/mol. The van der Waals surface area contributed by atoms with Gasteiger partial charge in [-0.2, -0.15) is 5.10 Å². The standard InChI is InChI=1S/C12H16N4O2/c1-7-4-11-13-6-10(9(3)16(11)15-7)12(18)14-5-8(2)17/h4,6,8,17H,5H2,1-3H3,(H,14,18)/t8-/m1/s1. The van der Waals surface area contributed by atoms with E-state index in [0.29, 0.717) is 5.56 Å². The van der Waals surface area contributed by atoms with Crippen molar-refractivity contribution in [2.75, 3.05) is 6.54 Å². The van der Waals surface area contributed by atoms with E-state index < -0.39 is 6.10 Å². The minimum Gasteiger partial charge on any atom is -0.392 e. The lowest BCUT2D eigenvalue weighted by molar-refractivity contribution is 0.0922. The number of carbonyl (C=O) groups is 1. The summed E-state index contributed by atoms with van der Waals surface area (Å²) in [6, 6.07) is 1.85. The second-order valence-electron chi connectivity index (χ2n) is 4.37. The van der Waals surface area contributed by atoms with E-state index in [1.807, 2.05) is 19.9 Å². The first kappa shape index (κ1) is 12.5. The van der Waals surface area contributed by atoms with Crippen LogP contribution >= 0.6 is 0 Å². The molecule has 0 aliphatic rings. The van der Waals surface area contributed by atoms with Crippen LogP contribution in [0.1, 0.15) is 28.7 Å². The normalized spacial score (nSPS) is 12.7. The Morgan fingerprint density at radius 1 is 1.56 bits per heavy atom. The van der Waals surface area contributed by atoms with Crippen molar-refractivity contribution in [2.45, 2.75) is 26.9 Å². The van der Waals surface area contributed by atoms with Crippen LogP contribution < -0.4 is 5.32 Å². The van der Waals surface area contributed by atoms with Crippen molar-refractivity contribution in [3.8, 4) is 0 Å². The molecule has 18 heavy (non-hydrogen) atoms. The molecule has 2 N–H and O–H groups in total. The number of nitrogens with one attached hydrogen (secondary N) is 1. The number of rotatable bonds is 3. The van der Waals surface area contributed by atoms with Gasteiger partial charge in [-0.1, -0.05) is 0 Å². The number of aliphatic hydroxyl groups is 1. The third-order valence-corrected chi connectivity index (χ3v) is 2.65. The molecule has 0 aromatic carbocycles. The van der Waals surface area contributed by atoms with Gasteiger partial charge in [-0.05, 0) is 20.8 Å². The van der Waals surface area contributed by atoms with Gasteiger partial charge in [0.15, 0.2) is 5.65 Å². The van der Waals surface area contributed by atoms with Crippen LogP contribution in [0.5, 0.6) is 0 Å². The van der Waals surface area contributed by atoms with Crippen molar-refractivity contribution in [3.05, 3.63) is 29.2 Å². The van der Waals surface area contributed by atoms with Crippen LogP contribution in [0.3, 0.4) is 0 Å². The lowest BCUT2D eigenvalue weighted by Crippen LogP contribution is -2.31. The monoisotopic (exact) mass is 248 g/mol. The highest BCUT2D eigenvalue weighted by atomic mass is 16.3. The fourth-order valence-corrected chi connectivity index (χ4v) is 1.72. The molecule has 0 saturated heterocycles. The van der Waals surface area contributed by atoms with Gasteiger partial charge in [0.1, 0.15) is 0 Å². The number of hydrogen-bond acceptors (Lipinski definition) is 4. The van der Waals surface area contributed by atoms with Gasteiger partial charge < -0.3 is 10.4 Å². The van der Waals surface area contributed by atoms with E-state index in [-0.39, 0.29) is 12.5 Å². The molecule has 2 rings (SSSR count). The lowest BCUT2D eigenvalue weighted by atomic mass is 10.2. The Labute approximate surface area is 105 Å². The largest absolute Gasteiger partial charge is 0.392 e. The summed E-state index contributed by atoms with van der Waals surface area (Å²) in [5.41, 5.74) is 2.77. The van der Waals surface area contributed by atoms with Crippen molar-refractivity contribution < 1.29 is 9.90 Å². The lowest BCUT2D eigenvalue weighted by Gasteiger charge is -2.09. The molecule has 2 aromatic heterocycles. The van der Waals surface area contributed by atoms with E-state index in [0.717, 1.165) is 17.0 Å². The van der Waals surface area contributed by atoms with Crippen LogP contribution in [0, 0.1) is 13.8 Å². The summed E-state index contributed by atoms with van der Waals surface area (Å²) in [6.07, 6.45) is 0.960. The van der Waals surface area contributed by atoms with E-state index in [1.165, 1.54) is 6.20 Å². The van der Waals surface area contributed by atoms with Gasteiger partial charge >= 0.3 is 0 Å². The zero-order chi connectivity index (χ0) is 13.3. The van der Waals surface area contributed by atoms with E-state index >= 15 is 0 Å². The van der Waals surface area contributed by atoms with E-state index in [9.17, 15) is 4.79 Å². The summed E-state index contributed by atoms with van der Waals surface area (Å²) in [5, 5.41) is 16.1. The van der Waals surface area contributed by atoms with Crippen molar-refractivity contribution >= 4 is 11.6 Å². The van der Waals surface area contributed by atoms with Gasteiger partial charge in [0.05, 0.1) is 23.1 Å². The van der Waals surface area contributed by atoms with Crippen LogP contribution in [0.2, 0.25) is 0 Å².